The minimum Gasteiger partial charge on any atom is -0.455 e. The zero-order valence-corrected chi connectivity index (χ0v) is 21.8. The Bertz CT molecular complexity index is 2130. The number of nitrogens with zero attached hydrogens (tertiary/aromatic N) is 1. The molecule has 0 fully saturated rings. The fraction of sp³-hybridized carbons (Fsp3) is 0. The number of benzene rings is 6. The van der Waals surface area contributed by atoms with Crippen LogP contribution in [0, 0.1) is 0 Å². The van der Waals surface area contributed by atoms with Gasteiger partial charge in [-0.25, -0.2) is 0 Å². The Morgan fingerprint density at radius 3 is 1.88 bits per heavy atom. The van der Waals surface area contributed by atoms with Crippen molar-refractivity contribution in [2.45, 2.75) is 0 Å². The highest BCUT2D eigenvalue weighted by molar-refractivity contribution is 6.09. The van der Waals surface area contributed by atoms with Gasteiger partial charge in [-0.1, -0.05) is 115 Å². The van der Waals surface area contributed by atoms with Gasteiger partial charge in [0.05, 0.1) is 5.52 Å². The smallest absolute Gasteiger partial charge is 0.143 e. The largest absolute Gasteiger partial charge is 0.455 e. The van der Waals surface area contributed by atoms with Crippen LogP contribution in [0.4, 0.5) is 0 Å². The number of fused-ring (bicyclic) bond motifs is 4. The molecule has 0 unspecified atom stereocenters. The summed E-state index contributed by atoms with van der Waals surface area (Å²) in [5.74, 6) is 0. The minimum atomic E-state index is 0.920. The maximum Gasteiger partial charge on any atom is 0.143 e. The van der Waals surface area contributed by atoms with Gasteiger partial charge >= 0.3 is 0 Å². The minimum absolute atomic E-state index is 0.920. The summed E-state index contributed by atoms with van der Waals surface area (Å²) in [5, 5.41) is 3.54. The molecule has 0 amide bonds. The molecule has 188 valence electrons. The molecular weight excluding hydrogens is 486 g/mol. The molecule has 2 nitrogen and oxygen atoms in total. The van der Waals surface area contributed by atoms with E-state index >= 15 is 0 Å². The lowest BCUT2D eigenvalue weighted by atomic mass is 10.00. The molecule has 40 heavy (non-hydrogen) atoms. The molecule has 0 saturated carbocycles. The Morgan fingerprint density at radius 1 is 0.425 bits per heavy atom. The summed E-state index contributed by atoms with van der Waals surface area (Å²) in [6, 6.07) is 51.5. The summed E-state index contributed by atoms with van der Waals surface area (Å²) < 4.78 is 8.61. The van der Waals surface area contributed by atoms with E-state index in [9.17, 15) is 0 Å². The van der Waals surface area contributed by atoms with Gasteiger partial charge in [0.25, 0.3) is 0 Å². The normalized spacial score (nSPS) is 11.5. The molecule has 0 aliphatic carbocycles. The zero-order valence-electron chi connectivity index (χ0n) is 21.8. The Hall–Kier alpha value is -5.34. The van der Waals surface area contributed by atoms with Crippen LogP contribution in [-0.2, 0) is 0 Å². The average Bonchev–Trinajstić information content (AvgIpc) is 3.61. The SMILES string of the molecule is c1ccc(-c2ccc3c(c2)c(-c2ccccc2)cn3-c2ccc(-c3cccc4c3oc3ccccc34)cc2)cc1. The second kappa shape index (κ2) is 9.14. The molecule has 2 aromatic heterocycles. The van der Waals surface area contributed by atoms with Crippen LogP contribution in [0.1, 0.15) is 0 Å². The van der Waals surface area contributed by atoms with Gasteiger partial charge in [0.15, 0.2) is 0 Å². The Balaban J connectivity index is 1.26. The average molecular weight is 512 g/mol. The predicted octanol–water partition coefficient (Wildman–Crippen LogP) is 10.5. The monoisotopic (exact) mass is 511 g/mol. The second-order valence-electron chi connectivity index (χ2n) is 10.2. The summed E-state index contributed by atoms with van der Waals surface area (Å²) in [6.45, 7) is 0. The summed E-state index contributed by atoms with van der Waals surface area (Å²) in [4.78, 5) is 0. The van der Waals surface area contributed by atoms with E-state index in [2.05, 4.69) is 144 Å². The van der Waals surface area contributed by atoms with Gasteiger partial charge in [0.2, 0.25) is 0 Å². The second-order valence-corrected chi connectivity index (χ2v) is 10.2. The van der Waals surface area contributed by atoms with E-state index in [-0.39, 0.29) is 0 Å². The molecular formula is C38H25NO. The highest BCUT2D eigenvalue weighted by atomic mass is 16.3. The maximum atomic E-state index is 6.31. The first-order valence-corrected chi connectivity index (χ1v) is 13.6. The van der Waals surface area contributed by atoms with Crippen molar-refractivity contribution in [1.29, 1.82) is 0 Å². The Morgan fingerprint density at radius 2 is 1.07 bits per heavy atom. The first-order chi connectivity index (χ1) is 19.8. The molecule has 0 saturated heterocycles. The maximum absolute atomic E-state index is 6.31. The highest BCUT2D eigenvalue weighted by Gasteiger charge is 2.15. The van der Waals surface area contributed by atoms with Crippen LogP contribution < -0.4 is 0 Å². The van der Waals surface area contributed by atoms with Crippen LogP contribution in [0.25, 0.3) is 71.9 Å². The van der Waals surface area contributed by atoms with Gasteiger partial charge in [-0.15, -0.1) is 0 Å². The Kier molecular flexibility index (Phi) is 5.17. The number of furan rings is 1. The molecule has 8 rings (SSSR count). The van der Waals surface area contributed by atoms with Crippen molar-refractivity contribution < 1.29 is 4.42 Å². The summed E-state index contributed by atoms with van der Waals surface area (Å²) >= 11 is 0. The van der Waals surface area contributed by atoms with Crippen LogP contribution in [0.2, 0.25) is 0 Å². The summed E-state index contributed by atoms with van der Waals surface area (Å²) in [6.07, 6.45) is 2.27. The summed E-state index contributed by atoms with van der Waals surface area (Å²) in [5.41, 5.74) is 11.3. The molecule has 0 spiro atoms. The highest BCUT2D eigenvalue weighted by Crippen LogP contribution is 2.38. The Labute approximate surface area is 232 Å². The molecule has 2 heterocycles. The van der Waals surface area contributed by atoms with E-state index in [4.69, 9.17) is 4.42 Å². The molecule has 0 radical (unpaired) electrons. The van der Waals surface area contributed by atoms with Crippen molar-refractivity contribution in [2.75, 3.05) is 0 Å². The van der Waals surface area contributed by atoms with Gasteiger partial charge in [-0.3, -0.25) is 0 Å². The van der Waals surface area contributed by atoms with Crippen LogP contribution >= 0.6 is 0 Å². The number of aromatic nitrogens is 1. The lowest BCUT2D eigenvalue weighted by Gasteiger charge is -2.09. The third kappa shape index (κ3) is 3.65. The molecule has 0 bridgehead atoms. The predicted molar refractivity (Wildman–Crippen MR) is 167 cm³/mol. The van der Waals surface area contributed by atoms with Gasteiger partial charge in [-0.2, -0.15) is 0 Å². The number of para-hydroxylation sites is 2. The summed E-state index contributed by atoms with van der Waals surface area (Å²) in [7, 11) is 0. The van der Waals surface area contributed by atoms with E-state index in [0.29, 0.717) is 0 Å². The van der Waals surface area contributed by atoms with Gasteiger partial charge < -0.3 is 8.98 Å². The third-order valence-electron chi connectivity index (χ3n) is 7.86. The van der Waals surface area contributed by atoms with E-state index in [1.54, 1.807) is 0 Å². The molecule has 0 atom stereocenters. The van der Waals surface area contributed by atoms with Crippen molar-refractivity contribution in [1.82, 2.24) is 4.57 Å². The quantitative estimate of drug-likeness (QED) is 0.230. The van der Waals surface area contributed by atoms with E-state index in [1.807, 2.05) is 12.1 Å². The topological polar surface area (TPSA) is 18.1 Å². The molecule has 6 aromatic carbocycles. The first-order valence-electron chi connectivity index (χ1n) is 13.6. The van der Waals surface area contributed by atoms with Crippen LogP contribution in [0.3, 0.4) is 0 Å². The van der Waals surface area contributed by atoms with Crippen LogP contribution in [-0.4, -0.2) is 4.57 Å². The number of hydrogen-bond donors (Lipinski definition) is 0. The van der Waals surface area contributed by atoms with E-state index in [0.717, 1.165) is 38.8 Å². The van der Waals surface area contributed by atoms with Gasteiger partial charge in [0, 0.05) is 39.2 Å². The van der Waals surface area contributed by atoms with E-state index < -0.39 is 0 Å². The van der Waals surface area contributed by atoms with Crippen LogP contribution in [0.5, 0.6) is 0 Å². The lowest BCUT2D eigenvalue weighted by molar-refractivity contribution is 0.670. The fourth-order valence-electron chi connectivity index (χ4n) is 5.88. The van der Waals surface area contributed by atoms with Crippen molar-refractivity contribution in [2.24, 2.45) is 0 Å². The number of hydrogen-bond acceptors (Lipinski definition) is 1. The van der Waals surface area contributed by atoms with Crippen molar-refractivity contribution in [3.63, 3.8) is 0 Å². The molecule has 8 aromatic rings. The van der Waals surface area contributed by atoms with Crippen LogP contribution in [0.15, 0.2) is 156 Å². The van der Waals surface area contributed by atoms with Crippen molar-refractivity contribution in [3.8, 4) is 39.1 Å². The molecule has 2 heteroatoms. The molecule has 0 aliphatic heterocycles. The van der Waals surface area contributed by atoms with Crippen molar-refractivity contribution in [3.05, 3.63) is 152 Å². The third-order valence-corrected chi connectivity index (χ3v) is 7.86. The van der Waals surface area contributed by atoms with Gasteiger partial charge in [0.1, 0.15) is 11.2 Å². The fourth-order valence-corrected chi connectivity index (χ4v) is 5.88. The molecule has 0 aliphatic rings. The molecule has 0 N–H and O–H groups in total. The van der Waals surface area contributed by atoms with Gasteiger partial charge in [-0.05, 0) is 52.6 Å². The number of rotatable bonds is 4. The van der Waals surface area contributed by atoms with E-state index in [1.165, 1.54) is 33.2 Å². The lowest BCUT2D eigenvalue weighted by Crippen LogP contribution is -1.92. The first kappa shape index (κ1) is 22.6. The standard InChI is InChI=1S/C38H25NO/c1-3-10-26(11-4-1)29-20-23-36-34(24-29)35(27-12-5-2-6-13-27)25-39(36)30-21-18-28(19-22-30)31-15-9-16-33-32-14-7-8-17-37(32)40-38(31)33/h1-25H. The van der Waals surface area contributed by atoms with Crippen molar-refractivity contribution >= 4 is 32.8 Å². The zero-order chi connectivity index (χ0) is 26.5.